The third-order valence-corrected chi connectivity index (χ3v) is 27.6. The Balaban J connectivity index is 1.09. The minimum Gasteiger partial charge on any atom is -0.379 e. The van der Waals surface area contributed by atoms with Crippen molar-refractivity contribution in [3.63, 3.8) is 0 Å². The van der Waals surface area contributed by atoms with Gasteiger partial charge in [0.1, 0.15) is 0 Å². The topological polar surface area (TPSA) is 318 Å². The van der Waals surface area contributed by atoms with E-state index in [2.05, 4.69) is 61.4 Å². The zero-order valence-corrected chi connectivity index (χ0v) is 54.6. The zero-order valence-electron chi connectivity index (χ0n) is 51.4. The fourth-order valence-electron chi connectivity index (χ4n) is 16.4. The van der Waals surface area contributed by atoms with Crippen molar-refractivity contribution in [3.8, 4) is 0 Å². The second-order valence-corrected chi connectivity index (χ2v) is 34.8. The molecular weight excluding hydrogens is 1160 g/mol. The molecule has 9 aliphatic rings. The van der Waals surface area contributed by atoms with Gasteiger partial charge in [0.25, 0.3) is 0 Å². The van der Waals surface area contributed by atoms with Crippen molar-refractivity contribution in [1.82, 2.24) is 61.4 Å². The molecule has 12 N–H and O–H groups in total. The summed E-state index contributed by atoms with van der Waals surface area (Å²) in [4.78, 5) is 0. The van der Waals surface area contributed by atoms with Crippen molar-refractivity contribution in [2.24, 2.45) is 47.3 Å². The predicted octanol–water partition coefficient (Wildman–Crippen LogP) is 1.46. The first-order valence-electron chi connectivity index (χ1n) is 32.4. The lowest BCUT2D eigenvalue weighted by Gasteiger charge is -2.40. The van der Waals surface area contributed by atoms with E-state index in [1.165, 1.54) is 0 Å². The Morgan fingerprint density at radius 1 is 0.310 bits per heavy atom. The maximum atomic E-state index is 14.8. The van der Waals surface area contributed by atoms with E-state index in [-0.39, 0.29) is 74.3 Å². The molecule has 8 bridgehead atoms. The van der Waals surface area contributed by atoms with Gasteiger partial charge in [-0.25, -0.2) is 52.6 Å². The van der Waals surface area contributed by atoms with Gasteiger partial charge in [0.05, 0.1) is 94.7 Å². The first kappa shape index (κ1) is 67.6. The van der Waals surface area contributed by atoms with Gasteiger partial charge in [-0.2, -0.15) is 0 Å². The van der Waals surface area contributed by atoms with Gasteiger partial charge in [-0.05, 0) is 156 Å². The molecule has 5 aliphatic heterocycles. The molecule has 0 amide bonds. The average molecular weight is 1270 g/mol. The fraction of sp³-hybridized carbons (Fsp3) is 1.00. The molecule has 5 saturated heterocycles. The summed E-state index contributed by atoms with van der Waals surface area (Å²) in [6.07, 6.45) is 5.49. The van der Waals surface area contributed by atoms with E-state index in [9.17, 15) is 33.7 Å². The number of hydrogen-bond donors (Lipinski definition) is 12. The summed E-state index contributed by atoms with van der Waals surface area (Å²) in [6.45, 7) is 18.3. The second-order valence-electron chi connectivity index (χ2n) is 26.8. The number of fused-ring (bicyclic) bond motifs is 20. The van der Waals surface area contributed by atoms with Crippen LogP contribution in [0.5, 0.6) is 0 Å². The Bertz CT molecular complexity index is 2220. The van der Waals surface area contributed by atoms with Crippen LogP contribution in [0.3, 0.4) is 0 Å². The first-order chi connectivity index (χ1) is 40.0. The molecule has 0 aromatic heterocycles. The van der Waals surface area contributed by atoms with Crippen molar-refractivity contribution in [3.05, 3.63) is 0 Å². The zero-order chi connectivity index (χ0) is 60.1. The van der Waals surface area contributed by atoms with Crippen molar-refractivity contribution in [2.45, 2.75) is 253 Å². The molecule has 12 atom stereocenters. The van der Waals surface area contributed by atoms with E-state index >= 15 is 0 Å². The highest BCUT2D eigenvalue weighted by Crippen LogP contribution is 2.49. The van der Waals surface area contributed by atoms with Crippen LogP contribution in [-0.2, 0) is 59.0 Å². The Labute approximate surface area is 504 Å². The van der Waals surface area contributed by atoms with Gasteiger partial charge in [0, 0.05) is 76.3 Å². The van der Waals surface area contributed by atoms with Gasteiger partial charge in [0.2, 0.25) is 40.1 Å². The normalized spacial score (nSPS) is 38.3. The van der Waals surface area contributed by atoms with Crippen LogP contribution in [0.15, 0.2) is 0 Å². The third-order valence-electron chi connectivity index (χ3n) is 19.8. The first-order valence-corrected chi connectivity index (χ1v) is 38.6. The van der Waals surface area contributed by atoms with Crippen LogP contribution < -0.4 is 61.4 Å². The second kappa shape index (κ2) is 29.6. The highest BCUT2D eigenvalue weighted by atomic mass is 32.2. The van der Waals surface area contributed by atoms with Crippen molar-refractivity contribution in [2.75, 3.05) is 52.6 Å². The number of rotatable bonds is 28. The minimum absolute atomic E-state index is 0.0227. The van der Waals surface area contributed by atoms with Crippen LogP contribution in [0.4, 0.5) is 0 Å². The van der Waals surface area contributed by atoms with E-state index in [1.54, 1.807) is 0 Å². The Morgan fingerprint density at radius 2 is 0.500 bits per heavy atom. The van der Waals surface area contributed by atoms with Crippen LogP contribution in [0.25, 0.3) is 0 Å². The van der Waals surface area contributed by atoms with E-state index in [0.29, 0.717) is 103 Å². The van der Waals surface area contributed by atoms with Gasteiger partial charge in [0.15, 0.2) is 0 Å². The van der Waals surface area contributed by atoms with Crippen molar-refractivity contribution < 1.29 is 52.6 Å². The molecule has 12 unspecified atom stereocenters. The minimum atomic E-state index is -3.88. The number of hydrogen-bond acceptors (Lipinski definition) is 20. The maximum absolute atomic E-state index is 14.8. The molecule has 24 nitrogen and oxygen atoms in total. The molecule has 9 rings (SSSR count). The van der Waals surface area contributed by atoms with E-state index in [0.717, 1.165) is 25.7 Å². The average Bonchev–Trinajstić information content (AvgIpc) is 1.94. The Morgan fingerprint density at radius 3 is 0.679 bits per heavy atom. The van der Waals surface area contributed by atoms with Gasteiger partial charge in [-0.15, -0.1) is 0 Å². The summed E-state index contributed by atoms with van der Waals surface area (Å²) in [5.74, 6) is -2.51. The lowest BCUT2D eigenvalue weighted by Crippen LogP contribution is -2.62. The molecule has 4 aliphatic carbocycles. The van der Waals surface area contributed by atoms with Crippen LogP contribution in [0.2, 0.25) is 0 Å². The van der Waals surface area contributed by atoms with Crippen LogP contribution in [0.1, 0.15) is 158 Å². The largest absolute Gasteiger partial charge is 0.379 e. The SMILES string of the molecule is CC(C)OCCCNS(=O)(=O)C1CCCC2C3NC(NC4NC(NC5NC(NC6NC(N3)C3C6CCCC3S(=O)(=O)NCCCOC(C)C)C3C5CCCC3S(=O)(=O)NCCCOC(C)C)C3C4CCCC3S(=O)(=O)NCCCOC(C)C)C21. The summed E-state index contributed by atoms with van der Waals surface area (Å²) in [5.41, 5.74) is 0. The maximum Gasteiger partial charge on any atom is 0.214 e. The smallest absolute Gasteiger partial charge is 0.214 e. The molecule has 84 heavy (non-hydrogen) atoms. The van der Waals surface area contributed by atoms with E-state index in [4.69, 9.17) is 18.9 Å². The Hall–Kier alpha value is -0.840. The summed E-state index contributed by atoms with van der Waals surface area (Å²) < 4.78 is 153. The quantitative estimate of drug-likeness (QED) is 0.0494. The van der Waals surface area contributed by atoms with E-state index < -0.39 is 134 Å². The molecule has 0 aromatic rings. The van der Waals surface area contributed by atoms with Crippen molar-refractivity contribution in [1.29, 1.82) is 0 Å². The molecule has 5 heterocycles. The third kappa shape index (κ3) is 16.2. The van der Waals surface area contributed by atoms with Crippen LogP contribution in [0, 0.1) is 47.3 Å². The molecule has 28 heteroatoms. The predicted molar refractivity (Wildman–Crippen MR) is 324 cm³/mol. The molecule has 9 fully saturated rings. The molecule has 0 radical (unpaired) electrons. The number of ether oxygens (including phenoxy) is 4. The van der Waals surface area contributed by atoms with Crippen LogP contribution >= 0.6 is 0 Å². The highest BCUT2D eigenvalue weighted by molar-refractivity contribution is 7.91. The number of sulfonamides is 4. The summed E-state index contributed by atoms with van der Waals surface area (Å²) in [6, 6.07) is 0. The van der Waals surface area contributed by atoms with Gasteiger partial charge >= 0.3 is 0 Å². The summed E-state index contributed by atoms with van der Waals surface area (Å²) in [5, 5.41) is 28.5. The van der Waals surface area contributed by atoms with Gasteiger partial charge < -0.3 is 18.9 Å². The van der Waals surface area contributed by atoms with Gasteiger partial charge in [-0.1, -0.05) is 25.7 Å². The molecule has 0 aromatic carbocycles. The highest BCUT2D eigenvalue weighted by Gasteiger charge is 2.61. The van der Waals surface area contributed by atoms with Crippen LogP contribution in [-0.4, -0.2) is 181 Å². The monoisotopic (exact) mass is 1270 g/mol. The van der Waals surface area contributed by atoms with E-state index in [1.807, 2.05) is 55.4 Å². The molecule has 4 saturated carbocycles. The Kier molecular flexibility index (Phi) is 23.8. The summed E-state index contributed by atoms with van der Waals surface area (Å²) in [7, 11) is -15.5. The number of nitrogens with one attached hydrogen (secondary N) is 12. The van der Waals surface area contributed by atoms with Gasteiger partial charge in [-0.3, -0.25) is 42.5 Å². The standard InChI is InChI=1S/C56H108N12O12S4/c1-33(2)77-29-13-25-57-81(69,70)41-21-9-17-37-45(41)53-61-49(37)66-54-47-39(19-11-23-43(47)83(73,74)59-27-15-31-79-35(5)6)51(63-54)68-56-48-40(20-12-24-44(48)84(75,76)60-28-16-32-80-36(7)8)52(64-56)67-55-46-38(50(62-55)65-53)18-10-22-42(46)82(71,72)58-26-14-30-78-34(3)4/h33-68H,9-32H2,1-8H3. The molecule has 0 spiro atoms. The molecule has 488 valence electrons. The molecular formula is C56H108N12O12S4. The lowest BCUT2D eigenvalue weighted by atomic mass is 9.76. The fourth-order valence-corrected chi connectivity index (χ4v) is 23.9. The van der Waals surface area contributed by atoms with Crippen molar-refractivity contribution >= 4 is 40.1 Å². The summed E-state index contributed by atoms with van der Waals surface area (Å²) >= 11 is 0. The lowest BCUT2D eigenvalue weighted by molar-refractivity contribution is 0.0775.